The van der Waals surface area contributed by atoms with Crippen molar-refractivity contribution in [3.05, 3.63) is 97.2 Å². The molecule has 9 heteroatoms. The zero-order valence-corrected chi connectivity index (χ0v) is 49.4. The van der Waals surface area contributed by atoms with Gasteiger partial charge >= 0.3 is 0 Å². The maximum Gasteiger partial charge on any atom is 0.220 e. The minimum absolute atomic E-state index is 0.186. The van der Waals surface area contributed by atoms with Crippen LogP contribution in [0.5, 0.6) is 0 Å². The van der Waals surface area contributed by atoms with Crippen molar-refractivity contribution in [2.24, 2.45) is 0 Å². The van der Waals surface area contributed by atoms with Crippen LogP contribution >= 0.6 is 0 Å². The van der Waals surface area contributed by atoms with E-state index in [1.165, 1.54) is 173 Å². The second kappa shape index (κ2) is 56.4. The second-order valence-electron chi connectivity index (χ2n) is 21.8. The Labute approximate surface area is 473 Å². The molecule has 0 spiro atoms. The molecule has 7 unspecified atom stereocenters. The van der Waals surface area contributed by atoms with Crippen LogP contribution in [-0.4, -0.2) is 87.5 Å². The summed E-state index contributed by atoms with van der Waals surface area (Å²) in [6, 6.07) is -0.823. The van der Waals surface area contributed by atoms with E-state index in [2.05, 4.69) is 104 Å². The van der Waals surface area contributed by atoms with Crippen LogP contribution in [0.15, 0.2) is 97.2 Å². The predicted molar refractivity (Wildman–Crippen MR) is 327 cm³/mol. The molecule has 0 aromatic carbocycles. The smallest absolute Gasteiger partial charge is 0.220 e. The van der Waals surface area contributed by atoms with Crippen LogP contribution in [0.2, 0.25) is 0 Å². The highest BCUT2D eigenvalue weighted by atomic mass is 16.7. The molecule has 0 aromatic heterocycles. The molecule has 1 heterocycles. The molecule has 0 radical (unpaired) electrons. The van der Waals surface area contributed by atoms with Gasteiger partial charge in [0, 0.05) is 6.42 Å². The second-order valence-corrected chi connectivity index (χ2v) is 21.8. The summed E-state index contributed by atoms with van der Waals surface area (Å²) in [4.78, 5) is 13.0. The van der Waals surface area contributed by atoms with Crippen molar-refractivity contribution < 1.29 is 39.8 Å². The molecule has 77 heavy (non-hydrogen) atoms. The molecule has 1 fully saturated rings. The first-order valence-corrected chi connectivity index (χ1v) is 32.0. The van der Waals surface area contributed by atoms with Gasteiger partial charge in [-0.25, -0.2) is 0 Å². The number of hydrogen-bond donors (Lipinski definition) is 6. The molecule has 6 N–H and O–H groups in total. The maximum absolute atomic E-state index is 13.0. The maximum atomic E-state index is 13.0. The summed E-state index contributed by atoms with van der Waals surface area (Å²) in [5, 5.41) is 54.4. The van der Waals surface area contributed by atoms with E-state index in [1.54, 1.807) is 6.08 Å². The van der Waals surface area contributed by atoms with Crippen LogP contribution in [-0.2, 0) is 14.3 Å². The summed E-state index contributed by atoms with van der Waals surface area (Å²) >= 11 is 0. The van der Waals surface area contributed by atoms with Crippen molar-refractivity contribution in [2.75, 3.05) is 13.2 Å². The Bertz CT molecular complexity index is 1530. The topological polar surface area (TPSA) is 149 Å². The van der Waals surface area contributed by atoms with Gasteiger partial charge in [-0.15, -0.1) is 0 Å². The lowest BCUT2D eigenvalue weighted by Gasteiger charge is -2.40. The molecule has 1 rings (SSSR count). The number of unbranched alkanes of at least 4 members (excludes halogenated alkanes) is 30. The van der Waals surface area contributed by atoms with E-state index >= 15 is 0 Å². The van der Waals surface area contributed by atoms with Crippen molar-refractivity contribution in [1.29, 1.82) is 0 Å². The minimum Gasteiger partial charge on any atom is -0.394 e. The van der Waals surface area contributed by atoms with Gasteiger partial charge in [-0.05, 0) is 83.5 Å². The zero-order valence-electron chi connectivity index (χ0n) is 49.4. The molecule has 1 aliphatic heterocycles. The SMILES string of the molecule is CC/C=C\C/C=C\C/C=C\C/C=C\C/C=C\C/C=C\CCCCCCCCCCCCCCCCCCCCCCCCC(=O)NC(COC1OC(CO)C(O)C(O)C1O)C(O)/C=C/CC/C=C/CCCCCCCCC. The van der Waals surface area contributed by atoms with Gasteiger partial charge in [0.25, 0.3) is 0 Å². The number of hydrogen-bond acceptors (Lipinski definition) is 8. The Hall–Kier alpha value is -2.89. The van der Waals surface area contributed by atoms with E-state index in [9.17, 15) is 30.3 Å². The van der Waals surface area contributed by atoms with Crippen LogP contribution in [0.4, 0.5) is 0 Å². The molecule has 1 amide bonds. The standard InChI is InChI=1S/C68H119NO8/c1-3-5-7-9-11-13-15-17-18-19-20-21-22-23-24-25-26-27-28-29-30-31-32-33-34-35-36-37-38-39-40-41-42-43-44-46-48-50-52-54-56-58-64(72)69-61(60-76-68-67(75)66(74)65(73)63(59-70)77-68)62(71)57-55-53-51-49-47-45-16-14-12-10-8-6-4-2/h5,7,11,13,17-18,20-21,23-24,26-27,47,49,55,57,61-63,65-68,70-71,73-75H,3-4,6,8-10,12,14-16,19,22,25,28-46,48,50-54,56,58-60H2,1-2H3,(H,69,72)/b7-5-,13-11-,18-17-,21-20-,24-23-,27-26-,49-47+,57-55+. The third kappa shape index (κ3) is 45.5. The van der Waals surface area contributed by atoms with Crippen LogP contribution in [0.25, 0.3) is 0 Å². The van der Waals surface area contributed by atoms with Crippen molar-refractivity contribution >= 4 is 5.91 Å². The number of carbonyl (C=O) groups excluding carboxylic acids is 1. The number of amides is 1. The number of carbonyl (C=O) groups is 1. The van der Waals surface area contributed by atoms with Crippen LogP contribution < -0.4 is 5.32 Å². The molecule has 7 atom stereocenters. The van der Waals surface area contributed by atoms with Crippen LogP contribution in [0.3, 0.4) is 0 Å². The van der Waals surface area contributed by atoms with E-state index in [0.29, 0.717) is 6.42 Å². The average Bonchev–Trinajstić information content (AvgIpc) is 3.43. The van der Waals surface area contributed by atoms with Crippen molar-refractivity contribution in [3.63, 3.8) is 0 Å². The molecule has 0 bridgehead atoms. The highest BCUT2D eigenvalue weighted by Crippen LogP contribution is 2.23. The normalized spacial score (nSPS) is 19.4. The largest absolute Gasteiger partial charge is 0.394 e. The Balaban J connectivity index is 2.05. The number of aliphatic hydroxyl groups excluding tert-OH is 5. The van der Waals surface area contributed by atoms with E-state index in [4.69, 9.17) is 9.47 Å². The summed E-state index contributed by atoms with van der Waals surface area (Å²) in [6.07, 6.45) is 75.2. The number of aliphatic hydroxyl groups is 5. The Morgan fingerprint density at radius 3 is 1.25 bits per heavy atom. The Morgan fingerprint density at radius 2 is 0.818 bits per heavy atom. The quantitative estimate of drug-likeness (QED) is 0.0261. The molecule has 0 aliphatic carbocycles. The van der Waals surface area contributed by atoms with Crippen LogP contribution in [0, 0.1) is 0 Å². The Kier molecular flexibility index (Phi) is 52.8. The average molecular weight is 1080 g/mol. The third-order valence-corrected chi connectivity index (χ3v) is 14.6. The van der Waals surface area contributed by atoms with Gasteiger partial charge in [-0.3, -0.25) is 4.79 Å². The summed E-state index contributed by atoms with van der Waals surface area (Å²) in [7, 11) is 0. The summed E-state index contributed by atoms with van der Waals surface area (Å²) in [5.41, 5.74) is 0. The minimum atomic E-state index is -1.57. The summed E-state index contributed by atoms with van der Waals surface area (Å²) in [5.74, 6) is -0.186. The lowest BCUT2D eigenvalue weighted by Crippen LogP contribution is -2.60. The first-order valence-electron chi connectivity index (χ1n) is 32.0. The van der Waals surface area contributed by atoms with E-state index in [1.807, 2.05) is 6.08 Å². The first-order chi connectivity index (χ1) is 37.8. The van der Waals surface area contributed by atoms with E-state index in [0.717, 1.165) is 77.0 Å². The van der Waals surface area contributed by atoms with Crippen LogP contribution in [0.1, 0.15) is 271 Å². The molecular formula is C68H119NO8. The number of rotatable bonds is 54. The molecule has 1 saturated heterocycles. The van der Waals surface area contributed by atoms with E-state index in [-0.39, 0.29) is 12.5 Å². The number of ether oxygens (including phenoxy) is 2. The molecule has 1 aliphatic rings. The van der Waals surface area contributed by atoms with Gasteiger partial charge in [0.1, 0.15) is 24.4 Å². The summed E-state index contributed by atoms with van der Waals surface area (Å²) in [6.45, 7) is 3.64. The lowest BCUT2D eigenvalue weighted by molar-refractivity contribution is -0.302. The van der Waals surface area contributed by atoms with Gasteiger partial charge in [0.05, 0.1) is 25.4 Å². The summed E-state index contributed by atoms with van der Waals surface area (Å²) < 4.78 is 11.2. The highest BCUT2D eigenvalue weighted by Gasteiger charge is 2.44. The lowest BCUT2D eigenvalue weighted by atomic mass is 9.99. The molecule has 0 aromatic rings. The van der Waals surface area contributed by atoms with Gasteiger partial charge in [0.2, 0.25) is 5.91 Å². The third-order valence-electron chi connectivity index (χ3n) is 14.6. The van der Waals surface area contributed by atoms with Gasteiger partial charge in [-0.1, -0.05) is 278 Å². The predicted octanol–water partition coefficient (Wildman–Crippen LogP) is 16.7. The Morgan fingerprint density at radius 1 is 0.455 bits per heavy atom. The number of allylic oxidation sites excluding steroid dienone is 15. The highest BCUT2D eigenvalue weighted by molar-refractivity contribution is 5.76. The van der Waals surface area contributed by atoms with Gasteiger partial charge < -0.3 is 40.3 Å². The molecule has 0 saturated carbocycles. The van der Waals surface area contributed by atoms with Gasteiger partial charge in [-0.2, -0.15) is 0 Å². The monoisotopic (exact) mass is 1080 g/mol. The van der Waals surface area contributed by atoms with E-state index < -0.39 is 49.5 Å². The molecular weight excluding hydrogens is 959 g/mol. The van der Waals surface area contributed by atoms with Crippen molar-refractivity contribution in [1.82, 2.24) is 5.32 Å². The first kappa shape index (κ1) is 72.1. The zero-order chi connectivity index (χ0) is 55.8. The van der Waals surface area contributed by atoms with Crippen molar-refractivity contribution in [3.8, 4) is 0 Å². The number of nitrogens with one attached hydrogen (secondary N) is 1. The fourth-order valence-corrected chi connectivity index (χ4v) is 9.65. The fraction of sp³-hybridized carbons (Fsp3) is 0.750. The fourth-order valence-electron chi connectivity index (χ4n) is 9.65. The molecule has 9 nitrogen and oxygen atoms in total. The molecule has 444 valence electrons. The van der Waals surface area contributed by atoms with Crippen molar-refractivity contribution in [2.45, 2.75) is 314 Å². The van der Waals surface area contributed by atoms with Gasteiger partial charge in [0.15, 0.2) is 6.29 Å².